The molecule has 0 unspecified atom stereocenters. The Morgan fingerprint density at radius 1 is 1.31 bits per heavy atom. The molecule has 13 heavy (non-hydrogen) atoms. The van der Waals surface area contributed by atoms with Crippen molar-refractivity contribution in [1.29, 1.82) is 0 Å². The van der Waals surface area contributed by atoms with Gasteiger partial charge in [0.25, 0.3) is 0 Å². The maximum atomic E-state index is 13.0. The van der Waals surface area contributed by atoms with Crippen LogP contribution in [0.3, 0.4) is 0 Å². The van der Waals surface area contributed by atoms with Crippen molar-refractivity contribution in [1.82, 2.24) is 0 Å². The van der Waals surface area contributed by atoms with Gasteiger partial charge in [0.05, 0.1) is 11.3 Å². The second-order valence-corrected chi connectivity index (χ2v) is 2.86. The van der Waals surface area contributed by atoms with Gasteiger partial charge in [-0.15, -0.1) is 0 Å². The molecule has 0 radical (unpaired) electrons. The largest absolute Gasteiger partial charge is 0.207 e. The highest BCUT2D eigenvalue weighted by molar-refractivity contribution is 7.80. The molecule has 0 spiro atoms. The van der Waals surface area contributed by atoms with Crippen LogP contribution in [0.25, 0.3) is 0 Å². The maximum Gasteiger partial charge on any atom is 0.141 e. The van der Waals surface area contributed by atoms with Crippen molar-refractivity contribution in [2.24, 2.45) is 0 Å². The second kappa shape index (κ2) is 4.29. The van der Waals surface area contributed by atoms with Crippen molar-refractivity contribution in [2.75, 3.05) is 5.75 Å². The van der Waals surface area contributed by atoms with Crippen LogP contribution in [0.1, 0.15) is 11.1 Å². The van der Waals surface area contributed by atoms with E-state index in [2.05, 4.69) is 24.5 Å². The molecule has 3 heteroatoms. The van der Waals surface area contributed by atoms with Crippen molar-refractivity contribution in [3.8, 4) is 11.8 Å². The first kappa shape index (κ1) is 10.1. The monoisotopic (exact) mass is 198 g/mol. The first-order valence-electron chi connectivity index (χ1n) is 3.70. The highest BCUT2D eigenvalue weighted by Gasteiger charge is 2.04. The van der Waals surface area contributed by atoms with Crippen LogP contribution in [-0.2, 0) is 0 Å². The van der Waals surface area contributed by atoms with Crippen molar-refractivity contribution in [3.05, 3.63) is 34.9 Å². The fourth-order valence-corrected chi connectivity index (χ4v) is 0.967. The first-order chi connectivity index (χ1) is 6.15. The van der Waals surface area contributed by atoms with E-state index in [1.165, 1.54) is 6.07 Å². The summed E-state index contributed by atoms with van der Waals surface area (Å²) in [5, 5.41) is 0. The zero-order chi connectivity index (χ0) is 9.84. The molecule has 68 valence electrons. The molecule has 0 N–H and O–H groups in total. The molecule has 0 saturated heterocycles. The molecule has 0 atom stereocenters. The molecule has 0 aliphatic heterocycles. The van der Waals surface area contributed by atoms with Crippen LogP contribution in [0.2, 0.25) is 0 Å². The summed E-state index contributed by atoms with van der Waals surface area (Å²) in [6, 6.07) is 2.24. The molecule has 0 heterocycles. The molecule has 0 bridgehead atoms. The molecule has 0 nitrogen and oxygen atoms in total. The second-order valence-electron chi connectivity index (χ2n) is 2.54. The first-order valence-corrected chi connectivity index (χ1v) is 4.33. The number of hydrogen-bond acceptors (Lipinski definition) is 1. The van der Waals surface area contributed by atoms with Gasteiger partial charge in [0, 0.05) is 6.07 Å². The van der Waals surface area contributed by atoms with Gasteiger partial charge in [-0.2, -0.15) is 12.6 Å². The number of halogens is 2. The van der Waals surface area contributed by atoms with E-state index < -0.39 is 11.6 Å². The third-order valence-corrected chi connectivity index (χ3v) is 1.71. The quantitative estimate of drug-likeness (QED) is 0.480. The van der Waals surface area contributed by atoms with Crippen LogP contribution in [0.15, 0.2) is 12.1 Å². The minimum Gasteiger partial charge on any atom is -0.207 e. The zero-order valence-electron chi connectivity index (χ0n) is 7.06. The Bertz CT molecular complexity index is 374. The summed E-state index contributed by atoms with van der Waals surface area (Å²) in [5.41, 5.74) is 0.609. The smallest absolute Gasteiger partial charge is 0.141 e. The molecular formula is C10H8F2S. The van der Waals surface area contributed by atoms with Gasteiger partial charge in [-0.1, -0.05) is 11.8 Å². The topological polar surface area (TPSA) is 0 Å². The number of rotatable bonds is 0. The van der Waals surface area contributed by atoms with Gasteiger partial charge in [-0.05, 0) is 18.6 Å². The van der Waals surface area contributed by atoms with Gasteiger partial charge in [-0.3, -0.25) is 0 Å². The summed E-state index contributed by atoms with van der Waals surface area (Å²) in [7, 11) is 0. The average Bonchev–Trinajstić information content (AvgIpc) is 2.09. The number of hydrogen-bond donors (Lipinski definition) is 1. The van der Waals surface area contributed by atoms with Gasteiger partial charge in [0.15, 0.2) is 0 Å². The van der Waals surface area contributed by atoms with E-state index in [1.807, 2.05) is 0 Å². The molecule has 0 aliphatic carbocycles. The van der Waals surface area contributed by atoms with E-state index in [4.69, 9.17) is 0 Å². The minimum absolute atomic E-state index is 0.216. The lowest BCUT2D eigenvalue weighted by Gasteiger charge is -1.98. The fraction of sp³-hybridized carbons (Fsp3) is 0.200. The lowest BCUT2D eigenvalue weighted by atomic mass is 10.1. The normalized spacial score (nSPS) is 9.23. The predicted molar refractivity (Wildman–Crippen MR) is 51.8 cm³/mol. The van der Waals surface area contributed by atoms with E-state index in [1.54, 1.807) is 6.92 Å². The number of benzene rings is 1. The summed E-state index contributed by atoms with van der Waals surface area (Å²) < 4.78 is 25.8. The fourth-order valence-electron chi connectivity index (χ4n) is 0.888. The molecule has 1 aromatic carbocycles. The molecule has 0 amide bonds. The van der Waals surface area contributed by atoms with Gasteiger partial charge >= 0.3 is 0 Å². The Kier molecular flexibility index (Phi) is 3.32. The van der Waals surface area contributed by atoms with Gasteiger partial charge in [-0.25, -0.2) is 8.78 Å². The van der Waals surface area contributed by atoms with Crippen molar-refractivity contribution in [2.45, 2.75) is 6.92 Å². The lowest BCUT2D eigenvalue weighted by Crippen LogP contribution is -1.90. The molecule has 0 fully saturated rings. The molecule has 0 saturated carbocycles. The zero-order valence-corrected chi connectivity index (χ0v) is 7.96. The van der Waals surface area contributed by atoms with Crippen molar-refractivity contribution in [3.63, 3.8) is 0 Å². The molecule has 0 aromatic heterocycles. The number of thiol groups is 1. The summed E-state index contributed by atoms with van der Waals surface area (Å²) in [4.78, 5) is 0. The molecule has 1 aromatic rings. The standard InChI is InChI=1S/C10H8F2S/c1-7-5-8(3-2-4-13)10(12)6-9(7)11/h5-6,13H,4H2,1H3. The van der Waals surface area contributed by atoms with E-state index in [0.717, 1.165) is 6.07 Å². The van der Waals surface area contributed by atoms with Crippen LogP contribution in [0.4, 0.5) is 8.78 Å². The van der Waals surface area contributed by atoms with Gasteiger partial charge in [0.1, 0.15) is 11.6 Å². The van der Waals surface area contributed by atoms with E-state index in [9.17, 15) is 8.78 Å². The van der Waals surface area contributed by atoms with Crippen LogP contribution >= 0.6 is 12.6 Å². The molecule has 1 rings (SSSR count). The molecular weight excluding hydrogens is 190 g/mol. The number of aryl methyl sites for hydroxylation is 1. The van der Waals surface area contributed by atoms with Crippen molar-refractivity contribution >= 4 is 12.6 Å². The molecule has 0 aliphatic rings. The Morgan fingerprint density at radius 2 is 2.00 bits per heavy atom. The highest BCUT2D eigenvalue weighted by Crippen LogP contribution is 2.12. The Balaban J connectivity index is 3.16. The van der Waals surface area contributed by atoms with E-state index in [0.29, 0.717) is 11.3 Å². The van der Waals surface area contributed by atoms with Gasteiger partial charge < -0.3 is 0 Å². The van der Waals surface area contributed by atoms with E-state index in [-0.39, 0.29) is 5.56 Å². The minimum atomic E-state index is -0.627. The summed E-state index contributed by atoms with van der Waals surface area (Å²) in [6.45, 7) is 1.57. The Morgan fingerprint density at radius 3 is 2.62 bits per heavy atom. The van der Waals surface area contributed by atoms with Crippen molar-refractivity contribution < 1.29 is 8.78 Å². The van der Waals surface area contributed by atoms with Crippen LogP contribution in [0, 0.1) is 30.4 Å². The lowest BCUT2D eigenvalue weighted by molar-refractivity contribution is 0.575. The van der Waals surface area contributed by atoms with Crippen LogP contribution in [-0.4, -0.2) is 5.75 Å². The summed E-state index contributed by atoms with van der Waals surface area (Å²) in [5.74, 6) is 4.35. The Hall–Kier alpha value is -1.01. The van der Waals surface area contributed by atoms with E-state index >= 15 is 0 Å². The van der Waals surface area contributed by atoms with Gasteiger partial charge in [0.2, 0.25) is 0 Å². The maximum absolute atomic E-state index is 13.0. The highest BCUT2D eigenvalue weighted by atomic mass is 32.1. The van der Waals surface area contributed by atoms with Crippen LogP contribution < -0.4 is 0 Å². The third kappa shape index (κ3) is 2.46. The Labute approximate surface area is 81.4 Å². The van der Waals surface area contributed by atoms with Crippen LogP contribution in [0.5, 0.6) is 0 Å². The average molecular weight is 198 g/mol. The summed E-state index contributed by atoms with van der Waals surface area (Å²) >= 11 is 3.86. The summed E-state index contributed by atoms with van der Waals surface area (Å²) in [6.07, 6.45) is 0. The SMILES string of the molecule is Cc1cc(C#CCS)c(F)cc1F. The predicted octanol–water partition coefficient (Wildman–Crippen LogP) is 2.55. The third-order valence-electron chi connectivity index (χ3n) is 1.55.